The van der Waals surface area contributed by atoms with E-state index in [1.807, 2.05) is 0 Å². The maximum Gasteiger partial charge on any atom is 0.289 e. The fourth-order valence-corrected chi connectivity index (χ4v) is 2.30. The summed E-state index contributed by atoms with van der Waals surface area (Å²) in [5.74, 6) is -0.751. The number of nitrogens with one attached hydrogen (secondary N) is 1. The number of carbonyl (C=O) groups excluding carboxylic acids is 1. The Morgan fingerprint density at radius 3 is 2.61 bits per heavy atom. The van der Waals surface area contributed by atoms with Crippen LogP contribution in [0.25, 0.3) is 10.9 Å². The van der Waals surface area contributed by atoms with Crippen LogP contribution in [0.15, 0.2) is 53.3 Å². The molecule has 5 nitrogen and oxygen atoms in total. The molecular weight excluding hydrogens is 297 g/mol. The molecule has 1 N–H and O–H groups in total. The highest BCUT2D eigenvalue weighted by molar-refractivity contribution is 5.92. The molecular formula is C17H14FN3O2. The van der Waals surface area contributed by atoms with E-state index in [1.165, 1.54) is 17.0 Å². The van der Waals surface area contributed by atoms with Crippen LogP contribution in [-0.2, 0) is 6.54 Å². The number of hydrogen-bond donors (Lipinski definition) is 1. The Hall–Kier alpha value is -3.02. The molecule has 0 atom stereocenters. The first-order chi connectivity index (χ1) is 11.0. The van der Waals surface area contributed by atoms with Gasteiger partial charge in [-0.1, -0.05) is 24.3 Å². The van der Waals surface area contributed by atoms with E-state index < -0.39 is 5.91 Å². The number of hydrogen-bond acceptors (Lipinski definition) is 3. The van der Waals surface area contributed by atoms with E-state index >= 15 is 0 Å². The van der Waals surface area contributed by atoms with Crippen LogP contribution in [0, 0.1) is 5.82 Å². The van der Waals surface area contributed by atoms with Crippen LogP contribution >= 0.6 is 0 Å². The number of para-hydroxylation sites is 1. The molecule has 116 valence electrons. The molecule has 3 rings (SSSR count). The average molecular weight is 311 g/mol. The molecule has 0 aliphatic heterocycles. The molecule has 3 aromatic rings. The van der Waals surface area contributed by atoms with Gasteiger partial charge < -0.3 is 9.88 Å². The molecule has 0 spiro atoms. The lowest BCUT2D eigenvalue weighted by Crippen LogP contribution is -2.29. The Labute approximate surface area is 131 Å². The van der Waals surface area contributed by atoms with Gasteiger partial charge in [-0.15, -0.1) is 0 Å². The summed E-state index contributed by atoms with van der Waals surface area (Å²) in [5, 5.41) is 0.435. The summed E-state index contributed by atoms with van der Waals surface area (Å²) in [6.07, 6.45) is 0. The average Bonchev–Trinajstić information content (AvgIpc) is 2.56. The quantitative estimate of drug-likeness (QED) is 0.807. The Morgan fingerprint density at radius 2 is 1.87 bits per heavy atom. The highest BCUT2D eigenvalue weighted by atomic mass is 19.1. The SMILES string of the molecule is CN(Cc1ccc(F)cc1)C(=O)c1nc2ccccc2c(=O)[nH]1. The molecule has 6 heteroatoms. The van der Waals surface area contributed by atoms with Crippen molar-refractivity contribution in [3.8, 4) is 0 Å². The van der Waals surface area contributed by atoms with Crippen molar-refractivity contribution in [2.45, 2.75) is 6.54 Å². The predicted molar refractivity (Wildman–Crippen MR) is 84.6 cm³/mol. The van der Waals surface area contributed by atoms with Crippen LogP contribution in [0.5, 0.6) is 0 Å². The second kappa shape index (κ2) is 6.00. The summed E-state index contributed by atoms with van der Waals surface area (Å²) >= 11 is 0. The molecule has 0 saturated heterocycles. The van der Waals surface area contributed by atoms with E-state index in [2.05, 4.69) is 9.97 Å². The Morgan fingerprint density at radius 1 is 1.17 bits per heavy atom. The van der Waals surface area contributed by atoms with Crippen molar-refractivity contribution >= 4 is 16.8 Å². The smallest absolute Gasteiger partial charge is 0.289 e. The number of fused-ring (bicyclic) bond motifs is 1. The zero-order chi connectivity index (χ0) is 16.4. The molecule has 23 heavy (non-hydrogen) atoms. The van der Waals surface area contributed by atoms with Crippen molar-refractivity contribution in [3.05, 3.63) is 76.1 Å². The van der Waals surface area contributed by atoms with Crippen LogP contribution in [0.1, 0.15) is 16.2 Å². The maximum absolute atomic E-state index is 12.9. The lowest BCUT2D eigenvalue weighted by atomic mass is 10.2. The van der Waals surface area contributed by atoms with Gasteiger partial charge >= 0.3 is 0 Å². The molecule has 1 heterocycles. The summed E-state index contributed by atoms with van der Waals surface area (Å²) in [6.45, 7) is 0.287. The highest BCUT2D eigenvalue weighted by Gasteiger charge is 2.16. The van der Waals surface area contributed by atoms with Crippen molar-refractivity contribution in [3.63, 3.8) is 0 Å². The van der Waals surface area contributed by atoms with Crippen molar-refractivity contribution in [2.75, 3.05) is 7.05 Å². The molecule has 0 unspecified atom stereocenters. The van der Waals surface area contributed by atoms with Gasteiger partial charge in [0.1, 0.15) is 5.82 Å². The molecule has 1 aromatic heterocycles. The summed E-state index contributed by atoms with van der Waals surface area (Å²) in [6, 6.07) is 12.7. The van der Waals surface area contributed by atoms with E-state index in [9.17, 15) is 14.0 Å². The molecule has 0 aliphatic rings. The number of H-pyrrole nitrogens is 1. The minimum atomic E-state index is -0.405. The molecule has 0 fully saturated rings. The number of aromatic nitrogens is 2. The number of halogens is 1. The Kier molecular flexibility index (Phi) is 3.89. The van der Waals surface area contributed by atoms with Crippen molar-refractivity contribution in [2.24, 2.45) is 0 Å². The van der Waals surface area contributed by atoms with E-state index in [0.717, 1.165) is 5.56 Å². The van der Waals surface area contributed by atoms with Gasteiger partial charge in [0.25, 0.3) is 11.5 Å². The lowest BCUT2D eigenvalue weighted by Gasteiger charge is -2.16. The molecule has 0 saturated carbocycles. The van der Waals surface area contributed by atoms with Gasteiger partial charge in [-0.2, -0.15) is 0 Å². The Balaban J connectivity index is 1.87. The van der Waals surface area contributed by atoms with Crippen LogP contribution in [0.3, 0.4) is 0 Å². The molecule has 0 bridgehead atoms. The van der Waals surface area contributed by atoms with Gasteiger partial charge in [0.15, 0.2) is 5.82 Å². The first-order valence-electron chi connectivity index (χ1n) is 7.03. The van der Waals surface area contributed by atoms with Crippen molar-refractivity contribution < 1.29 is 9.18 Å². The van der Waals surface area contributed by atoms with Gasteiger partial charge in [0, 0.05) is 13.6 Å². The number of carbonyl (C=O) groups is 1. The summed E-state index contributed by atoms with van der Waals surface area (Å²) in [4.78, 5) is 32.6. The molecule has 0 aliphatic carbocycles. The standard InChI is InChI=1S/C17H14FN3O2/c1-21(10-11-6-8-12(18)9-7-11)17(23)15-19-14-5-3-2-4-13(14)16(22)20-15/h2-9H,10H2,1H3,(H,19,20,22). The van der Waals surface area contributed by atoms with Gasteiger partial charge in [-0.25, -0.2) is 9.37 Å². The minimum Gasteiger partial charge on any atom is -0.335 e. The number of aromatic amines is 1. The third kappa shape index (κ3) is 3.11. The first kappa shape index (κ1) is 14.9. The topological polar surface area (TPSA) is 66.1 Å². The molecule has 0 radical (unpaired) electrons. The van der Waals surface area contributed by atoms with E-state index in [-0.39, 0.29) is 23.7 Å². The third-order valence-corrected chi connectivity index (χ3v) is 3.50. The van der Waals surface area contributed by atoms with Crippen LogP contribution in [0.2, 0.25) is 0 Å². The first-order valence-corrected chi connectivity index (χ1v) is 7.03. The lowest BCUT2D eigenvalue weighted by molar-refractivity contribution is 0.0773. The monoisotopic (exact) mass is 311 g/mol. The number of nitrogens with zero attached hydrogens (tertiary/aromatic N) is 2. The van der Waals surface area contributed by atoms with Crippen LogP contribution < -0.4 is 5.56 Å². The predicted octanol–water partition coefficient (Wildman–Crippen LogP) is 2.33. The maximum atomic E-state index is 12.9. The number of benzene rings is 2. The second-order valence-corrected chi connectivity index (χ2v) is 5.22. The normalized spacial score (nSPS) is 10.7. The fourth-order valence-electron chi connectivity index (χ4n) is 2.30. The molecule has 2 aromatic carbocycles. The summed E-state index contributed by atoms with van der Waals surface area (Å²) < 4.78 is 12.9. The van der Waals surface area contributed by atoms with Gasteiger partial charge in [0.2, 0.25) is 0 Å². The van der Waals surface area contributed by atoms with E-state index in [0.29, 0.717) is 10.9 Å². The fraction of sp³-hybridized carbons (Fsp3) is 0.118. The number of rotatable bonds is 3. The van der Waals surface area contributed by atoms with Gasteiger partial charge in [0.05, 0.1) is 10.9 Å². The van der Waals surface area contributed by atoms with E-state index in [4.69, 9.17) is 0 Å². The summed E-state index contributed by atoms with van der Waals surface area (Å²) in [5.41, 5.74) is 0.898. The minimum absolute atomic E-state index is 0.0155. The van der Waals surface area contributed by atoms with Gasteiger partial charge in [-0.05, 0) is 29.8 Å². The number of amides is 1. The van der Waals surface area contributed by atoms with Crippen molar-refractivity contribution in [1.29, 1.82) is 0 Å². The second-order valence-electron chi connectivity index (χ2n) is 5.22. The largest absolute Gasteiger partial charge is 0.335 e. The third-order valence-electron chi connectivity index (χ3n) is 3.50. The molecule has 1 amide bonds. The zero-order valence-corrected chi connectivity index (χ0v) is 12.4. The van der Waals surface area contributed by atoms with Crippen LogP contribution in [0.4, 0.5) is 4.39 Å². The van der Waals surface area contributed by atoms with Crippen molar-refractivity contribution in [1.82, 2.24) is 14.9 Å². The van der Waals surface area contributed by atoms with Gasteiger partial charge in [-0.3, -0.25) is 9.59 Å². The zero-order valence-electron chi connectivity index (χ0n) is 12.4. The van der Waals surface area contributed by atoms with Crippen LogP contribution in [-0.4, -0.2) is 27.8 Å². The summed E-state index contributed by atoms with van der Waals surface area (Å²) in [7, 11) is 1.60. The van der Waals surface area contributed by atoms with E-state index in [1.54, 1.807) is 43.4 Å². The Bertz CT molecular complexity index is 919. The highest BCUT2D eigenvalue weighted by Crippen LogP contribution is 2.09.